The summed E-state index contributed by atoms with van der Waals surface area (Å²) in [6.45, 7) is 1.66. The molecular formula is C15H17N3O2. The largest absolute Gasteiger partial charge is 0.347 e. The molecule has 1 aliphatic rings. The van der Waals surface area contributed by atoms with Gasteiger partial charge >= 0.3 is 0 Å². The Balaban J connectivity index is 1.77. The first-order valence-corrected chi connectivity index (χ1v) is 6.72. The van der Waals surface area contributed by atoms with E-state index >= 15 is 0 Å². The lowest BCUT2D eigenvalue weighted by Gasteiger charge is -2.15. The van der Waals surface area contributed by atoms with Gasteiger partial charge in [-0.3, -0.25) is 9.59 Å². The maximum Gasteiger partial charge on any atom is 0.241 e. The number of amides is 2. The van der Waals surface area contributed by atoms with Crippen LogP contribution in [0.25, 0.3) is 0 Å². The van der Waals surface area contributed by atoms with Crippen molar-refractivity contribution in [2.45, 2.75) is 19.3 Å². The zero-order valence-electron chi connectivity index (χ0n) is 11.3. The van der Waals surface area contributed by atoms with E-state index in [9.17, 15) is 9.59 Å². The summed E-state index contributed by atoms with van der Waals surface area (Å²) in [5.74, 6) is -0.196. The van der Waals surface area contributed by atoms with E-state index in [0.717, 1.165) is 31.5 Å². The molecule has 1 aromatic rings. The number of hydrogen-bond acceptors (Lipinski definition) is 3. The smallest absolute Gasteiger partial charge is 0.241 e. The molecule has 1 aromatic carbocycles. The molecule has 5 heteroatoms. The van der Waals surface area contributed by atoms with Crippen molar-refractivity contribution in [3.8, 4) is 6.07 Å². The van der Waals surface area contributed by atoms with Gasteiger partial charge in [-0.15, -0.1) is 0 Å². The fourth-order valence-electron chi connectivity index (χ4n) is 2.20. The third kappa shape index (κ3) is 3.82. The van der Waals surface area contributed by atoms with E-state index in [-0.39, 0.29) is 24.8 Å². The van der Waals surface area contributed by atoms with E-state index in [1.165, 1.54) is 0 Å². The number of rotatable bonds is 4. The number of nitrogens with zero attached hydrogens (tertiary/aromatic N) is 2. The Kier molecular flexibility index (Phi) is 4.72. The first-order chi connectivity index (χ1) is 9.69. The summed E-state index contributed by atoms with van der Waals surface area (Å²) in [7, 11) is 0. The second kappa shape index (κ2) is 6.71. The van der Waals surface area contributed by atoms with Crippen LogP contribution in [0.4, 0.5) is 0 Å². The summed E-state index contributed by atoms with van der Waals surface area (Å²) >= 11 is 0. The minimum Gasteiger partial charge on any atom is -0.347 e. The van der Waals surface area contributed by atoms with Crippen LogP contribution in [-0.2, 0) is 16.0 Å². The van der Waals surface area contributed by atoms with E-state index in [1.807, 2.05) is 6.07 Å². The van der Waals surface area contributed by atoms with Gasteiger partial charge in [0.1, 0.15) is 0 Å². The number of carbonyl (C=O) groups is 2. The number of carbonyl (C=O) groups excluding carboxylic acids is 2. The fraction of sp³-hybridized carbons (Fsp3) is 0.400. The average molecular weight is 271 g/mol. The number of nitriles is 1. The second-order valence-electron chi connectivity index (χ2n) is 4.85. The Morgan fingerprint density at radius 3 is 2.45 bits per heavy atom. The SMILES string of the molecule is N#Cc1ccc(CC(=O)NCC(=O)N2CCCC2)cc1. The Labute approximate surface area is 118 Å². The monoisotopic (exact) mass is 271 g/mol. The minimum absolute atomic E-state index is 0.0179. The molecule has 0 aromatic heterocycles. The Morgan fingerprint density at radius 2 is 1.85 bits per heavy atom. The molecule has 0 atom stereocenters. The van der Waals surface area contributed by atoms with E-state index in [4.69, 9.17) is 5.26 Å². The van der Waals surface area contributed by atoms with Crippen molar-refractivity contribution in [1.82, 2.24) is 10.2 Å². The predicted molar refractivity (Wildman–Crippen MR) is 73.7 cm³/mol. The third-order valence-electron chi connectivity index (χ3n) is 3.34. The number of likely N-dealkylation sites (tertiary alicyclic amines) is 1. The normalized spacial score (nSPS) is 13.8. The first kappa shape index (κ1) is 14.1. The molecule has 20 heavy (non-hydrogen) atoms. The van der Waals surface area contributed by atoms with Gasteiger partial charge in [-0.25, -0.2) is 0 Å². The van der Waals surface area contributed by atoms with Crippen molar-refractivity contribution in [3.05, 3.63) is 35.4 Å². The van der Waals surface area contributed by atoms with Crippen LogP contribution < -0.4 is 5.32 Å². The Bertz CT molecular complexity index is 525. The third-order valence-corrected chi connectivity index (χ3v) is 3.34. The molecule has 0 bridgehead atoms. The summed E-state index contributed by atoms with van der Waals surface area (Å²) in [6, 6.07) is 8.89. The topological polar surface area (TPSA) is 73.2 Å². The Morgan fingerprint density at radius 1 is 1.20 bits per heavy atom. The molecular weight excluding hydrogens is 254 g/mol. The summed E-state index contributed by atoms with van der Waals surface area (Å²) in [5.41, 5.74) is 1.40. The number of nitrogens with one attached hydrogen (secondary N) is 1. The quantitative estimate of drug-likeness (QED) is 0.882. The maximum absolute atomic E-state index is 11.8. The molecule has 1 aliphatic heterocycles. The molecule has 0 aliphatic carbocycles. The van der Waals surface area contributed by atoms with Gasteiger partial charge in [0.25, 0.3) is 0 Å². The maximum atomic E-state index is 11.8. The molecule has 1 fully saturated rings. The fourth-order valence-corrected chi connectivity index (χ4v) is 2.20. The molecule has 1 saturated heterocycles. The van der Waals surface area contributed by atoms with E-state index < -0.39 is 0 Å². The lowest BCUT2D eigenvalue weighted by atomic mass is 10.1. The lowest BCUT2D eigenvalue weighted by Crippen LogP contribution is -2.39. The van der Waals surface area contributed by atoms with Gasteiger partial charge in [0.15, 0.2) is 0 Å². The van der Waals surface area contributed by atoms with Crippen molar-refractivity contribution in [3.63, 3.8) is 0 Å². The second-order valence-corrected chi connectivity index (χ2v) is 4.85. The van der Waals surface area contributed by atoms with Gasteiger partial charge in [-0.05, 0) is 30.5 Å². The van der Waals surface area contributed by atoms with Crippen LogP contribution in [0.1, 0.15) is 24.0 Å². The average Bonchev–Trinajstić information content (AvgIpc) is 3.00. The van der Waals surface area contributed by atoms with Gasteiger partial charge in [0.05, 0.1) is 24.6 Å². The van der Waals surface area contributed by atoms with Gasteiger partial charge in [-0.1, -0.05) is 12.1 Å². The van der Waals surface area contributed by atoms with E-state index in [1.54, 1.807) is 29.2 Å². The molecule has 0 unspecified atom stereocenters. The van der Waals surface area contributed by atoms with Crippen molar-refractivity contribution >= 4 is 11.8 Å². The van der Waals surface area contributed by atoms with Crippen LogP contribution in [0, 0.1) is 11.3 Å². The van der Waals surface area contributed by atoms with E-state index in [2.05, 4.69) is 5.32 Å². The highest BCUT2D eigenvalue weighted by Crippen LogP contribution is 2.07. The van der Waals surface area contributed by atoms with Crippen molar-refractivity contribution in [1.29, 1.82) is 5.26 Å². The van der Waals surface area contributed by atoms with Crippen molar-refractivity contribution in [2.24, 2.45) is 0 Å². The molecule has 5 nitrogen and oxygen atoms in total. The van der Waals surface area contributed by atoms with Gasteiger partial charge in [0.2, 0.25) is 11.8 Å². The van der Waals surface area contributed by atoms with Crippen LogP contribution in [0.2, 0.25) is 0 Å². The summed E-state index contributed by atoms with van der Waals surface area (Å²) in [5, 5.41) is 11.3. The van der Waals surface area contributed by atoms with Gasteiger partial charge in [-0.2, -0.15) is 5.26 Å². The highest BCUT2D eigenvalue weighted by molar-refractivity contribution is 5.85. The molecule has 2 amide bonds. The van der Waals surface area contributed by atoms with Crippen LogP contribution in [-0.4, -0.2) is 36.3 Å². The van der Waals surface area contributed by atoms with Crippen LogP contribution >= 0.6 is 0 Å². The van der Waals surface area contributed by atoms with Crippen LogP contribution in [0.5, 0.6) is 0 Å². The standard InChI is InChI=1S/C15H17N3O2/c16-10-13-5-3-12(4-6-13)9-14(19)17-11-15(20)18-7-1-2-8-18/h3-6H,1-2,7-9,11H2,(H,17,19). The Hall–Kier alpha value is -2.35. The molecule has 0 saturated carbocycles. The van der Waals surface area contributed by atoms with Crippen LogP contribution in [0.3, 0.4) is 0 Å². The van der Waals surface area contributed by atoms with E-state index in [0.29, 0.717) is 5.56 Å². The molecule has 0 radical (unpaired) electrons. The summed E-state index contributed by atoms with van der Waals surface area (Å²) < 4.78 is 0. The zero-order valence-corrected chi connectivity index (χ0v) is 11.3. The summed E-state index contributed by atoms with van der Waals surface area (Å²) in [6.07, 6.45) is 2.31. The first-order valence-electron chi connectivity index (χ1n) is 6.72. The van der Waals surface area contributed by atoms with Crippen molar-refractivity contribution < 1.29 is 9.59 Å². The highest BCUT2D eigenvalue weighted by Gasteiger charge is 2.18. The summed E-state index contributed by atoms with van der Waals surface area (Å²) in [4.78, 5) is 25.3. The lowest BCUT2D eigenvalue weighted by molar-refractivity contribution is -0.131. The number of benzene rings is 1. The zero-order chi connectivity index (χ0) is 14.4. The predicted octanol–water partition coefficient (Wildman–Crippen LogP) is 0.839. The molecule has 1 N–H and O–H groups in total. The van der Waals surface area contributed by atoms with Gasteiger partial charge < -0.3 is 10.2 Å². The molecule has 1 heterocycles. The highest BCUT2D eigenvalue weighted by atomic mass is 16.2. The number of hydrogen-bond donors (Lipinski definition) is 1. The van der Waals surface area contributed by atoms with Gasteiger partial charge in [0, 0.05) is 13.1 Å². The molecule has 0 spiro atoms. The molecule has 104 valence electrons. The molecule has 2 rings (SSSR count). The minimum atomic E-state index is -0.178. The van der Waals surface area contributed by atoms with Crippen LogP contribution in [0.15, 0.2) is 24.3 Å². The van der Waals surface area contributed by atoms with Crippen molar-refractivity contribution in [2.75, 3.05) is 19.6 Å².